The molecular weight excluding hydrogens is 352 g/mol. The van der Waals surface area contributed by atoms with Crippen LogP contribution in [0.3, 0.4) is 0 Å². The number of morpholine rings is 1. The van der Waals surface area contributed by atoms with E-state index in [1.807, 2.05) is 12.1 Å². The van der Waals surface area contributed by atoms with E-state index in [0.717, 1.165) is 5.56 Å². The van der Waals surface area contributed by atoms with E-state index in [9.17, 15) is 9.59 Å². The number of anilines is 1. The van der Waals surface area contributed by atoms with Crippen LogP contribution in [0.15, 0.2) is 54.6 Å². The van der Waals surface area contributed by atoms with Crippen LogP contribution >= 0.6 is 11.6 Å². The van der Waals surface area contributed by atoms with Crippen LogP contribution in [-0.4, -0.2) is 43.0 Å². The monoisotopic (exact) mass is 370 g/mol. The molecule has 0 spiro atoms. The van der Waals surface area contributed by atoms with Gasteiger partial charge in [-0.1, -0.05) is 35.9 Å². The first-order valence-electron chi connectivity index (χ1n) is 8.34. The molecule has 0 atom stereocenters. The van der Waals surface area contributed by atoms with Gasteiger partial charge in [-0.2, -0.15) is 0 Å². The van der Waals surface area contributed by atoms with Crippen molar-refractivity contribution in [2.45, 2.75) is 0 Å². The Morgan fingerprint density at radius 2 is 1.73 bits per heavy atom. The highest BCUT2D eigenvalue weighted by Gasteiger charge is 2.21. The zero-order valence-electron chi connectivity index (χ0n) is 14.2. The number of nitrogens with one attached hydrogen (secondary N) is 1. The van der Waals surface area contributed by atoms with Crippen molar-refractivity contribution >= 4 is 35.2 Å². The Morgan fingerprint density at radius 3 is 2.46 bits per heavy atom. The molecule has 1 saturated heterocycles. The number of para-hydroxylation sites is 1. The normalized spacial score (nSPS) is 14.4. The topological polar surface area (TPSA) is 58.6 Å². The fraction of sp³-hybridized carbons (Fsp3) is 0.200. The third-order valence-corrected chi connectivity index (χ3v) is 4.26. The predicted molar refractivity (Wildman–Crippen MR) is 102 cm³/mol. The van der Waals surface area contributed by atoms with Gasteiger partial charge in [0.15, 0.2) is 0 Å². The summed E-state index contributed by atoms with van der Waals surface area (Å²) in [6.45, 7) is 2.17. The first kappa shape index (κ1) is 18.2. The summed E-state index contributed by atoms with van der Waals surface area (Å²) < 4.78 is 5.28. The van der Waals surface area contributed by atoms with Gasteiger partial charge in [-0.25, -0.2) is 0 Å². The molecule has 1 aliphatic heterocycles. The van der Waals surface area contributed by atoms with Gasteiger partial charge >= 0.3 is 0 Å². The minimum atomic E-state index is -0.304. The van der Waals surface area contributed by atoms with Gasteiger partial charge in [-0.15, -0.1) is 0 Å². The van der Waals surface area contributed by atoms with E-state index in [1.165, 1.54) is 6.08 Å². The highest BCUT2D eigenvalue weighted by atomic mass is 35.5. The van der Waals surface area contributed by atoms with E-state index >= 15 is 0 Å². The number of ether oxygens (including phenoxy) is 1. The second-order valence-corrected chi connectivity index (χ2v) is 6.26. The lowest BCUT2D eigenvalue weighted by Gasteiger charge is -2.27. The van der Waals surface area contributed by atoms with Gasteiger partial charge in [0.1, 0.15) is 0 Å². The molecule has 0 aliphatic carbocycles. The molecule has 1 fully saturated rings. The van der Waals surface area contributed by atoms with Crippen LogP contribution in [0, 0.1) is 0 Å². The molecule has 3 rings (SSSR count). The van der Waals surface area contributed by atoms with Gasteiger partial charge in [0.2, 0.25) is 5.91 Å². The largest absolute Gasteiger partial charge is 0.378 e. The molecule has 2 aromatic rings. The SMILES string of the molecule is O=C(/C=C/c1ccc(Cl)cc1)Nc1ccccc1C(=O)N1CCOCC1. The van der Waals surface area contributed by atoms with Crippen molar-refractivity contribution in [2.24, 2.45) is 0 Å². The Kier molecular flexibility index (Phi) is 6.04. The van der Waals surface area contributed by atoms with Gasteiger partial charge in [0.25, 0.3) is 5.91 Å². The number of amides is 2. The average Bonchev–Trinajstić information content (AvgIpc) is 2.68. The van der Waals surface area contributed by atoms with Gasteiger partial charge in [0, 0.05) is 24.2 Å². The van der Waals surface area contributed by atoms with E-state index in [1.54, 1.807) is 47.4 Å². The Bertz CT molecular complexity index is 812. The van der Waals surface area contributed by atoms with Crippen LogP contribution in [0.4, 0.5) is 5.69 Å². The smallest absolute Gasteiger partial charge is 0.256 e. The number of carbonyl (C=O) groups excluding carboxylic acids is 2. The van der Waals surface area contributed by atoms with Crippen molar-refractivity contribution in [3.8, 4) is 0 Å². The van der Waals surface area contributed by atoms with Crippen molar-refractivity contribution in [1.82, 2.24) is 4.90 Å². The molecular formula is C20H19ClN2O3. The number of rotatable bonds is 4. The molecule has 1 heterocycles. The molecule has 6 heteroatoms. The summed E-state index contributed by atoms with van der Waals surface area (Å²) in [7, 11) is 0. The zero-order chi connectivity index (χ0) is 18.4. The Hall–Kier alpha value is -2.63. The molecule has 1 N–H and O–H groups in total. The molecule has 134 valence electrons. The van der Waals surface area contributed by atoms with E-state index in [-0.39, 0.29) is 11.8 Å². The lowest BCUT2D eigenvalue weighted by molar-refractivity contribution is -0.111. The highest BCUT2D eigenvalue weighted by Crippen LogP contribution is 2.18. The van der Waals surface area contributed by atoms with Crippen molar-refractivity contribution in [3.63, 3.8) is 0 Å². The predicted octanol–water partition coefficient (Wildman–Crippen LogP) is 3.46. The van der Waals surface area contributed by atoms with E-state index in [0.29, 0.717) is 42.6 Å². The lowest BCUT2D eigenvalue weighted by atomic mass is 10.1. The Morgan fingerprint density at radius 1 is 1.04 bits per heavy atom. The first-order valence-corrected chi connectivity index (χ1v) is 8.72. The van der Waals surface area contributed by atoms with Gasteiger partial charge in [-0.3, -0.25) is 9.59 Å². The van der Waals surface area contributed by atoms with Crippen molar-refractivity contribution < 1.29 is 14.3 Å². The van der Waals surface area contributed by atoms with Gasteiger partial charge in [-0.05, 0) is 35.9 Å². The number of benzene rings is 2. The number of halogens is 1. The van der Waals surface area contributed by atoms with E-state index < -0.39 is 0 Å². The van der Waals surface area contributed by atoms with Crippen molar-refractivity contribution in [1.29, 1.82) is 0 Å². The molecule has 26 heavy (non-hydrogen) atoms. The van der Waals surface area contributed by atoms with Crippen molar-refractivity contribution in [3.05, 3.63) is 70.8 Å². The van der Waals surface area contributed by atoms with Crippen LogP contribution in [0.25, 0.3) is 6.08 Å². The first-order chi connectivity index (χ1) is 12.6. The number of carbonyl (C=O) groups is 2. The molecule has 0 saturated carbocycles. The summed E-state index contributed by atoms with van der Waals surface area (Å²) in [5.74, 6) is -0.409. The second-order valence-electron chi connectivity index (χ2n) is 5.82. The summed E-state index contributed by atoms with van der Waals surface area (Å²) in [5.41, 5.74) is 1.83. The maximum Gasteiger partial charge on any atom is 0.256 e. The highest BCUT2D eigenvalue weighted by molar-refractivity contribution is 6.30. The lowest BCUT2D eigenvalue weighted by Crippen LogP contribution is -2.41. The van der Waals surface area contributed by atoms with Crippen molar-refractivity contribution in [2.75, 3.05) is 31.6 Å². The molecule has 0 bridgehead atoms. The Balaban J connectivity index is 1.70. The van der Waals surface area contributed by atoms with Crippen LogP contribution in [0.5, 0.6) is 0 Å². The molecule has 0 radical (unpaired) electrons. The van der Waals surface area contributed by atoms with E-state index in [4.69, 9.17) is 16.3 Å². The molecule has 2 amide bonds. The fourth-order valence-corrected chi connectivity index (χ4v) is 2.76. The van der Waals surface area contributed by atoms with Gasteiger partial charge in [0.05, 0.1) is 24.5 Å². The standard InChI is InChI=1S/C20H19ClN2O3/c21-16-8-5-15(6-9-16)7-10-19(24)22-18-4-2-1-3-17(18)20(25)23-11-13-26-14-12-23/h1-10H,11-14H2,(H,22,24)/b10-7+. The van der Waals surface area contributed by atoms with Crippen LogP contribution in [0.2, 0.25) is 5.02 Å². The van der Waals surface area contributed by atoms with Crippen LogP contribution in [0.1, 0.15) is 15.9 Å². The second kappa shape index (κ2) is 8.65. The Labute approximate surface area is 157 Å². The van der Waals surface area contributed by atoms with Crippen LogP contribution in [-0.2, 0) is 9.53 Å². The van der Waals surface area contributed by atoms with Crippen LogP contribution < -0.4 is 5.32 Å². The average molecular weight is 371 g/mol. The minimum Gasteiger partial charge on any atom is -0.378 e. The summed E-state index contributed by atoms with van der Waals surface area (Å²) in [5, 5.41) is 3.42. The summed E-state index contributed by atoms with van der Waals surface area (Å²) >= 11 is 5.85. The molecule has 5 nitrogen and oxygen atoms in total. The summed E-state index contributed by atoms with van der Waals surface area (Å²) in [6, 6.07) is 14.2. The molecule has 1 aliphatic rings. The summed E-state index contributed by atoms with van der Waals surface area (Å²) in [6.07, 6.45) is 3.12. The maximum atomic E-state index is 12.7. The van der Waals surface area contributed by atoms with E-state index in [2.05, 4.69) is 5.32 Å². The molecule has 2 aromatic carbocycles. The third kappa shape index (κ3) is 4.71. The third-order valence-electron chi connectivity index (χ3n) is 4.01. The zero-order valence-corrected chi connectivity index (χ0v) is 14.9. The number of hydrogen-bond acceptors (Lipinski definition) is 3. The molecule has 0 aromatic heterocycles. The molecule has 0 unspecified atom stereocenters. The minimum absolute atomic E-state index is 0.106. The summed E-state index contributed by atoms with van der Waals surface area (Å²) in [4.78, 5) is 26.7. The fourth-order valence-electron chi connectivity index (χ4n) is 2.64. The number of hydrogen-bond donors (Lipinski definition) is 1. The number of nitrogens with zero attached hydrogens (tertiary/aromatic N) is 1. The maximum absolute atomic E-state index is 12.7. The van der Waals surface area contributed by atoms with Gasteiger partial charge < -0.3 is 15.0 Å². The quantitative estimate of drug-likeness (QED) is 0.838.